The number of carbonyl (C=O) groups excluding carboxylic acids is 3. The van der Waals surface area contributed by atoms with Crippen LogP contribution in [0.15, 0.2) is 78.9 Å². The van der Waals surface area contributed by atoms with E-state index in [0.29, 0.717) is 32.5 Å². The van der Waals surface area contributed by atoms with Gasteiger partial charge in [0.2, 0.25) is 5.91 Å². The van der Waals surface area contributed by atoms with Gasteiger partial charge in [-0.1, -0.05) is 78.9 Å². The number of unbranched alkanes of at least 4 members (excludes halogenated alkanes) is 1. The van der Waals surface area contributed by atoms with Crippen LogP contribution in [0.25, 0.3) is 11.1 Å². The van der Waals surface area contributed by atoms with Crippen molar-refractivity contribution in [2.45, 2.75) is 65.1 Å². The van der Waals surface area contributed by atoms with Crippen molar-refractivity contribution < 1.29 is 23.9 Å². The van der Waals surface area contributed by atoms with Crippen molar-refractivity contribution in [2.75, 3.05) is 19.6 Å². The van der Waals surface area contributed by atoms with Gasteiger partial charge in [-0.15, -0.1) is 0 Å². The summed E-state index contributed by atoms with van der Waals surface area (Å²) in [4.78, 5) is 35.6. The second-order valence-corrected chi connectivity index (χ2v) is 11.1. The minimum Gasteiger partial charge on any atom is -0.445 e. The fourth-order valence-electron chi connectivity index (χ4n) is 4.17. The highest BCUT2D eigenvalue weighted by Gasteiger charge is 2.15. The summed E-state index contributed by atoms with van der Waals surface area (Å²) < 4.78 is 10.4. The van der Waals surface area contributed by atoms with Crippen LogP contribution in [0, 0.1) is 0 Å². The van der Waals surface area contributed by atoms with E-state index in [1.54, 1.807) is 20.8 Å². The van der Waals surface area contributed by atoms with Gasteiger partial charge in [-0.3, -0.25) is 4.79 Å². The van der Waals surface area contributed by atoms with Crippen LogP contribution in [0.1, 0.15) is 56.7 Å². The normalized spacial score (nSPS) is 10.9. The largest absolute Gasteiger partial charge is 0.445 e. The van der Waals surface area contributed by atoms with Gasteiger partial charge in [0.25, 0.3) is 0 Å². The molecule has 0 saturated heterocycles. The van der Waals surface area contributed by atoms with Crippen molar-refractivity contribution in [3.63, 3.8) is 0 Å². The predicted molar refractivity (Wildman–Crippen MR) is 165 cm³/mol. The third-order valence-corrected chi connectivity index (χ3v) is 6.37. The summed E-state index contributed by atoms with van der Waals surface area (Å²) in [5, 5.41) is 8.25. The summed E-state index contributed by atoms with van der Waals surface area (Å²) in [5.74, 6) is -0.0561. The first-order valence-electron chi connectivity index (χ1n) is 14.5. The Balaban J connectivity index is 1.28. The molecular weight excluding hydrogens is 530 g/mol. The number of alkyl carbamates (subject to hydrolysis) is 2. The lowest BCUT2D eigenvalue weighted by atomic mass is 9.99. The maximum absolute atomic E-state index is 12.1. The van der Waals surface area contributed by atoms with E-state index in [1.165, 1.54) is 5.56 Å². The third kappa shape index (κ3) is 12.9. The second kappa shape index (κ2) is 16.8. The molecule has 8 nitrogen and oxygen atoms in total. The molecule has 224 valence electrons. The monoisotopic (exact) mass is 573 g/mol. The number of carbonyl (C=O) groups is 3. The van der Waals surface area contributed by atoms with Gasteiger partial charge < -0.3 is 25.4 Å². The minimum atomic E-state index is -0.547. The van der Waals surface area contributed by atoms with Gasteiger partial charge in [-0.05, 0) is 74.3 Å². The number of nitrogens with one attached hydrogen (secondary N) is 3. The molecule has 0 fully saturated rings. The molecule has 0 heterocycles. The Labute approximate surface area is 249 Å². The first-order chi connectivity index (χ1) is 20.2. The second-order valence-electron chi connectivity index (χ2n) is 11.1. The number of ether oxygens (including phenoxy) is 2. The molecule has 0 saturated carbocycles. The first-order valence-corrected chi connectivity index (χ1v) is 14.5. The molecule has 0 aliphatic rings. The average Bonchev–Trinajstić information content (AvgIpc) is 2.97. The molecule has 3 amide bonds. The molecule has 0 unspecified atom stereocenters. The predicted octanol–water partition coefficient (Wildman–Crippen LogP) is 6.18. The summed E-state index contributed by atoms with van der Waals surface area (Å²) in [7, 11) is 0. The molecule has 0 radical (unpaired) electrons. The van der Waals surface area contributed by atoms with E-state index in [0.717, 1.165) is 41.5 Å². The Morgan fingerprint density at radius 3 is 1.81 bits per heavy atom. The Morgan fingerprint density at radius 1 is 0.619 bits per heavy atom. The molecule has 3 aromatic rings. The summed E-state index contributed by atoms with van der Waals surface area (Å²) in [6.07, 6.45) is 2.94. The topological polar surface area (TPSA) is 106 Å². The van der Waals surface area contributed by atoms with Gasteiger partial charge in [-0.2, -0.15) is 0 Å². The Kier molecular flexibility index (Phi) is 12.9. The quantitative estimate of drug-likeness (QED) is 0.200. The molecule has 0 aliphatic heterocycles. The van der Waals surface area contributed by atoms with Crippen molar-refractivity contribution in [2.24, 2.45) is 0 Å². The molecule has 8 heteroatoms. The summed E-state index contributed by atoms with van der Waals surface area (Å²) in [5.41, 5.74) is 5.04. The molecule has 42 heavy (non-hydrogen) atoms. The zero-order valence-electron chi connectivity index (χ0n) is 24.9. The number of rotatable bonds is 14. The van der Waals surface area contributed by atoms with Crippen LogP contribution >= 0.6 is 0 Å². The standard InChI is InChI=1S/C34H43N3O5/c1-34(2,3)42-33(40)37-24-23-35-31(38)21-16-27-14-19-30(20-15-27)29-17-12-26(13-18-29)9-7-8-22-36-32(39)41-25-28-10-5-4-6-11-28/h4-6,10-15,17-20H,7-9,16,21-25H2,1-3H3,(H,35,38)(H,36,39)(H,37,40). The van der Waals surface area contributed by atoms with E-state index >= 15 is 0 Å². The van der Waals surface area contributed by atoms with Crippen LogP contribution in [0.4, 0.5) is 9.59 Å². The Bertz CT molecular complexity index is 1250. The number of hydrogen-bond acceptors (Lipinski definition) is 5. The number of hydrogen-bond donors (Lipinski definition) is 3. The molecular formula is C34H43N3O5. The SMILES string of the molecule is CC(C)(C)OC(=O)NCCNC(=O)CCc1ccc(-c2ccc(CCCCNC(=O)OCc3ccccc3)cc2)cc1. The number of benzene rings is 3. The summed E-state index contributed by atoms with van der Waals surface area (Å²) in [6, 6.07) is 26.4. The fourth-order valence-corrected chi connectivity index (χ4v) is 4.17. The zero-order chi connectivity index (χ0) is 30.2. The first kappa shape index (κ1) is 32.2. The number of aryl methyl sites for hydroxylation is 2. The van der Waals surface area contributed by atoms with E-state index in [-0.39, 0.29) is 18.6 Å². The maximum Gasteiger partial charge on any atom is 0.407 e. The van der Waals surface area contributed by atoms with Gasteiger partial charge in [0.15, 0.2) is 0 Å². The van der Waals surface area contributed by atoms with E-state index < -0.39 is 11.7 Å². The Hall–Kier alpha value is -4.33. The molecule has 3 aromatic carbocycles. The molecule has 0 aliphatic carbocycles. The van der Waals surface area contributed by atoms with Crippen molar-refractivity contribution >= 4 is 18.1 Å². The van der Waals surface area contributed by atoms with Crippen molar-refractivity contribution in [3.05, 3.63) is 95.6 Å². The summed E-state index contributed by atoms with van der Waals surface area (Å²) in [6.45, 7) is 6.94. The van der Waals surface area contributed by atoms with Crippen LogP contribution < -0.4 is 16.0 Å². The third-order valence-electron chi connectivity index (χ3n) is 6.37. The maximum atomic E-state index is 12.1. The minimum absolute atomic E-state index is 0.0561. The van der Waals surface area contributed by atoms with Crippen molar-refractivity contribution in [1.82, 2.24) is 16.0 Å². The van der Waals surface area contributed by atoms with Crippen LogP contribution in [-0.4, -0.2) is 43.3 Å². The molecule has 0 atom stereocenters. The smallest absolute Gasteiger partial charge is 0.407 e. The van der Waals surface area contributed by atoms with E-state index in [1.807, 2.05) is 30.3 Å². The van der Waals surface area contributed by atoms with Crippen molar-refractivity contribution in [3.8, 4) is 11.1 Å². The van der Waals surface area contributed by atoms with E-state index in [9.17, 15) is 14.4 Å². The molecule has 0 bridgehead atoms. The highest BCUT2D eigenvalue weighted by atomic mass is 16.6. The Morgan fingerprint density at radius 2 is 1.19 bits per heavy atom. The zero-order valence-corrected chi connectivity index (χ0v) is 24.9. The van der Waals surface area contributed by atoms with E-state index in [4.69, 9.17) is 9.47 Å². The highest BCUT2D eigenvalue weighted by Crippen LogP contribution is 2.21. The van der Waals surface area contributed by atoms with Gasteiger partial charge in [0.1, 0.15) is 12.2 Å². The lowest BCUT2D eigenvalue weighted by Crippen LogP contribution is -2.37. The lowest BCUT2D eigenvalue weighted by molar-refractivity contribution is -0.121. The molecule has 0 aromatic heterocycles. The number of amides is 3. The summed E-state index contributed by atoms with van der Waals surface area (Å²) >= 11 is 0. The van der Waals surface area contributed by atoms with Gasteiger partial charge in [0, 0.05) is 26.1 Å². The lowest BCUT2D eigenvalue weighted by Gasteiger charge is -2.19. The van der Waals surface area contributed by atoms with Crippen LogP contribution in [0.5, 0.6) is 0 Å². The van der Waals surface area contributed by atoms with Crippen LogP contribution in [0.2, 0.25) is 0 Å². The van der Waals surface area contributed by atoms with Gasteiger partial charge in [-0.25, -0.2) is 9.59 Å². The highest BCUT2D eigenvalue weighted by molar-refractivity contribution is 5.76. The van der Waals surface area contributed by atoms with Gasteiger partial charge in [0.05, 0.1) is 0 Å². The fraction of sp³-hybridized carbons (Fsp3) is 0.382. The molecule has 3 rings (SSSR count). The molecule has 3 N–H and O–H groups in total. The van der Waals surface area contributed by atoms with Crippen LogP contribution in [-0.2, 0) is 33.7 Å². The molecule has 0 spiro atoms. The van der Waals surface area contributed by atoms with Gasteiger partial charge >= 0.3 is 12.2 Å². The van der Waals surface area contributed by atoms with Crippen molar-refractivity contribution in [1.29, 1.82) is 0 Å². The average molecular weight is 574 g/mol. The van der Waals surface area contributed by atoms with E-state index in [2.05, 4.69) is 64.5 Å². The van der Waals surface area contributed by atoms with Crippen LogP contribution in [0.3, 0.4) is 0 Å².